The van der Waals surface area contributed by atoms with E-state index >= 15 is 0 Å². The van der Waals surface area contributed by atoms with Gasteiger partial charge in [0.05, 0.1) is 6.54 Å². The molecule has 3 aromatic carbocycles. The lowest BCUT2D eigenvalue weighted by molar-refractivity contribution is -0.116. The zero-order chi connectivity index (χ0) is 20.8. The van der Waals surface area contributed by atoms with Gasteiger partial charge in [-0.2, -0.15) is 0 Å². The second kappa shape index (κ2) is 9.39. The molecule has 148 valence electrons. The number of nitrogens with zero attached hydrogens (tertiary/aromatic N) is 1. The van der Waals surface area contributed by atoms with E-state index in [9.17, 15) is 9.59 Å². The van der Waals surface area contributed by atoms with Crippen LogP contribution < -0.4 is 10.1 Å². The van der Waals surface area contributed by atoms with Crippen molar-refractivity contribution in [2.75, 3.05) is 18.9 Å². The van der Waals surface area contributed by atoms with E-state index in [0.717, 1.165) is 15.7 Å². The number of carbonyl (C=O) groups is 2. The van der Waals surface area contributed by atoms with Crippen LogP contribution in [0.1, 0.15) is 15.9 Å². The minimum absolute atomic E-state index is 0.0574. The first-order valence-corrected chi connectivity index (χ1v) is 9.86. The number of hydrogen-bond acceptors (Lipinski definition) is 3. The van der Waals surface area contributed by atoms with Crippen molar-refractivity contribution in [1.82, 2.24) is 4.90 Å². The Morgan fingerprint density at radius 3 is 2.41 bits per heavy atom. The Hall–Kier alpha value is -3.12. The zero-order valence-corrected chi connectivity index (χ0v) is 17.8. The summed E-state index contributed by atoms with van der Waals surface area (Å²) in [4.78, 5) is 26.5. The van der Waals surface area contributed by atoms with Gasteiger partial charge in [0.1, 0.15) is 11.5 Å². The number of nitrogens with one attached hydrogen (secondary N) is 1. The van der Waals surface area contributed by atoms with Gasteiger partial charge in [-0.25, -0.2) is 0 Å². The summed E-state index contributed by atoms with van der Waals surface area (Å²) >= 11 is 3.40. The van der Waals surface area contributed by atoms with Crippen molar-refractivity contribution in [3.05, 3.63) is 88.4 Å². The number of hydrogen-bond donors (Lipinski definition) is 1. The van der Waals surface area contributed by atoms with Gasteiger partial charge in [-0.05, 0) is 61.0 Å². The predicted molar refractivity (Wildman–Crippen MR) is 117 cm³/mol. The van der Waals surface area contributed by atoms with Gasteiger partial charge in [0.25, 0.3) is 5.91 Å². The van der Waals surface area contributed by atoms with E-state index in [-0.39, 0.29) is 18.4 Å². The summed E-state index contributed by atoms with van der Waals surface area (Å²) < 4.78 is 6.72. The molecule has 0 bridgehead atoms. The number of rotatable bonds is 6. The molecule has 3 aromatic rings. The largest absolute Gasteiger partial charge is 0.457 e. The number of benzene rings is 3. The summed E-state index contributed by atoms with van der Waals surface area (Å²) in [6.07, 6.45) is 0. The van der Waals surface area contributed by atoms with Gasteiger partial charge in [0.2, 0.25) is 5.91 Å². The number of halogens is 1. The molecule has 0 spiro atoms. The van der Waals surface area contributed by atoms with E-state index in [1.54, 1.807) is 31.3 Å². The van der Waals surface area contributed by atoms with Crippen LogP contribution in [0.2, 0.25) is 0 Å². The summed E-state index contributed by atoms with van der Waals surface area (Å²) in [5, 5.41) is 2.84. The molecule has 0 aliphatic rings. The average molecular weight is 453 g/mol. The number of carbonyl (C=O) groups excluding carboxylic acids is 2. The van der Waals surface area contributed by atoms with Crippen LogP contribution in [0.3, 0.4) is 0 Å². The Kier molecular flexibility index (Phi) is 6.67. The average Bonchev–Trinajstić information content (AvgIpc) is 2.70. The summed E-state index contributed by atoms with van der Waals surface area (Å²) in [5.74, 6) is 0.731. The Morgan fingerprint density at radius 1 is 0.966 bits per heavy atom. The summed E-state index contributed by atoms with van der Waals surface area (Å²) in [6.45, 7) is 1.85. The molecule has 2 amide bonds. The van der Waals surface area contributed by atoms with Crippen LogP contribution in [0.5, 0.6) is 11.5 Å². The van der Waals surface area contributed by atoms with Crippen LogP contribution in [-0.2, 0) is 4.79 Å². The van der Waals surface area contributed by atoms with Gasteiger partial charge in [-0.15, -0.1) is 0 Å². The van der Waals surface area contributed by atoms with Crippen LogP contribution in [0.25, 0.3) is 0 Å². The van der Waals surface area contributed by atoms with Crippen LogP contribution >= 0.6 is 15.9 Å². The fraction of sp³-hybridized carbons (Fsp3) is 0.130. The lowest BCUT2D eigenvalue weighted by atomic mass is 10.2. The molecule has 0 saturated carbocycles. The van der Waals surface area contributed by atoms with Gasteiger partial charge in [0.15, 0.2) is 0 Å². The molecule has 5 nitrogen and oxygen atoms in total. The highest BCUT2D eigenvalue weighted by atomic mass is 79.9. The third-order valence-electron chi connectivity index (χ3n) is 4.25. The second-order valence-corrected chi connectivity index (χ2v) is 7.53. The van der Waals surface area contributed by atoms with Gasteiger partial charge in [0, 0.05) is 22.8 Å². The fourth-order valence-electron chi connectivity index (χ4n) is 2.78. The molecule has 0 radical (unpaired) electrons. The van der Waals surface area contributed by atoms with Gasteiger partial charge in [-0.3, -0.25) is 9.59 Å². The van der Waals surface area contributed by atoms with Crippen molar-refractivity contribution in [2.24, 2.45) is 0 Å². The maximum Gasteiger partial charge on any atom is 0.254 e. The Bertz CT molecular complexity index is 1020. The number of amides is 2. The maximum atomic E-state index is 12.7. The molecule has 6 heteroatoms. The molecule has 0 aliphatic carbocycles. The molecule has 0 fully saturated rings. The maximum absolute atomic E-state index is 12.7. The van der Waals surface area contributed by atoms with Gasteiger partial charge >= 0.3 is 0 Å². The quantitative estimate of drug-likeness (QED) is 0.554. The number of anilines is 1. The lowest BCUT2D eigenvalue weighted by Gasteiger charge is -2.18. The monoisotopic (exact) mass is 452 g/mol. The molecule has 0 heterocycles. The molecule has 0 atom stereocenters. The predicted octanol–water partition coefficient (Wildman–Crippen LogP) is 5.26. The minimum atomic E-state index is -0.261. The van der Waals surface area contributed by atoms with Crippen LogP contribution in [0.4, 0.5) is 5.69 Å². The Balaban J connectivity index is 1.63. The zero-order valence-electron chi connectivity index (χ0n) is 16.2. The Morgan fingerprint density at radius 2 is 1.69 bits per heavy atom. The van der Waals surface area contributed by atoms with E-state index in [0.29, 0.717) is 17.1 Å². The molecule has 0 aliphatic heterocycles. The number of likely N-dealkylation sites (N-methyl/N-ethyl adjacent to an activating group) is 1. The first-order chi connectivity index (χ1) is 13.9. The highest BCUT2D eigenvalue weighted by molar-refractivity contribution is 9.10. The first-order valence-electron chi connectivity index (χ1n) is 9.07. The lowest BCUT2D eigenvalue weighted by Crippen LogP contribution is -2.35. The first kappa shape index (κ1) is 20.6. The third-order valence-corrected chi connectivity index (χ3v) is 4.74. The number of para-hydroxylation sites is 1. The van der Waals surface area contributed by atoms with Crippen molar-refractivity contribution in [2.45, 2.75) is 6.92 Å². The van der Waals surface area contributed by atoms with Crippen molar-refractivity contribution in [3.8, 4) is 11.5 Å². The standard InChI is InChI=1S/C23H21BrN2O3/c1-16-13-18(24)11-12-21(16)25-22(27)15-26(2)23(28)17-7-6-10-20(14-17)29-19-8-4-3-5-9-19/h3-14H,15H2,1-2H3,(H,25,27). The van der Waals surface area contributed by atoms with Crippen LogP contribution in [0.15, 0.2) is 77.3 Å². The van der Waals surface area contributed by atoms with Gasteiger partial charge in [-0.1, -0.05) is 40.2 Å². The fourth-order valence-corrected chi connectivity index (χ4v) is 3.26. The van der Waals surface area contributed by atoms with E-state index in [1.807, 2.05) is 55.5 Å². The Labute approximate surface area is 178 Å². The van der Waals surface area contributed by atoms with Crippen LogP contribution in [-0.4, -0.2) is 30.3 Å². The van der Waals surface area contributed by atoms with E-state index in [4.69, 9.17) is 4.74 Å². The van der Waals surface area contributed by atoms with Crippen LogP contribution in [0, 0.1) is 6.92 Å². The summed E-state index contributed by atoms with van der Waals surface area (Å²) in [5.41, 5.74) is 2.11. The molecule has 0 aromatic heterocycles. The SMILES string of the molecule is Cc1cc(Br)ccc1NC(=O)CN(C)C(=O)c1cccc(Oc2ccccc2)c1. The van der Waals surface area contributed by atoms with E-state index < -0.39 is 0 Å². The summed E-state index contributed by atoms with van der Waals surface area (Å²) in [6, 6.07) is 21.9. The summed E-state index contributed by atoms with van der Waals surface area (Å²) in [7, 11) is 1.60. The topological polar surface area (TPSA) is 58.6 Å². The molecule has 0 unspecified atom stereocenters. The molecule has 29 heavy (non-hydrogen) atoms. The number of ether oxygens (including phenoxy) is 1. The molecule has 3 rings (SSSR count). The van der Waals surface area contributed by atoms with Crippen molar-refractivity contribution < 1.29 is 14.3 Å². The smallest absolute Gasteiger partial charge is 0.254 e. The van der Waals surface area contributed by atoms with Crippen molar-refractivity contribution >= 4 is 33.4 Å². The van der Waals surface area contributed by atoms with Gasteiger partial charge < -0.3 is 15.0 Å². The van der Waals surface area contributed by atoms with E-state index in [1.165, 1.54) is 4.90 Å². The number of aryl methyl sites for hydroxylation is 1. The second-order valence-electron chi connectivity index (χ2n) is 6.61. The highest BCUT2D eigenvalue weighted by Gasteiger charge is 2.16. The van der Waals surface area contributed by atoms with E-state index in [2.05, 4.69) is 21.2 Å². The van der Waals surface area contributed by atoms with Crippen molar-refractivity contribution in [3.63, 3.8) is 0 Å². The molecular formula is C23H21BrN2O3. The third kappa shape index (κ3) is 5.68. The normalized spacial score (nSPS) is 10.3. The molecular weight excluding hydrogens is 432 g/mol. The highest BCUT2D eigenvalue weighted by Crippen LogP contribution is 2.23. The van der Waals surface area contributed by atoms with Crippen molar-refractivity contribution in [1.29, 1.82) is 0 Å². The minimum Gasteiger partial charge on any atom is -0.457 e. The molecule has 1 N–H and O–H groups in total. The molecule has 0 saturated heterocycles.